The fourth-order valence-electron chi connectivity index (χ4n) is 1.83. The van der Waals surface area contributed by atoms with E-state index >= 15 is 0 Å². The van der Waals surface area contributed by atoms with E-state index in [9.17, 15) is 22.7 Å². The first-order valence-corrected chi connectivity index (χ1v) is 6.61. The van der Waals surface area contributed by atoms with Gasteiger partial charge in [-0.25, -0.2) is 4.39 Å². The summed E-state index contributed by atoms with van der Waals surface area (Å²) in [5.74, 6) is -0.410. The van der Waals surface area contributed by atoms with Crippen LogP contribution in [-0.4, -0.2) is 16.9 Å². The molecule has 0 saturated carbocycles. The molecule has 1 aromatic carbocycles. The molecule has 0 fully saturated rings. The van der Waals surface area contributed by atoms with Gasteiger partial charge in [-0.15, -0.1) is 0 Å². The quantitative estimate of drug-likeness (QED) is 0.774. The smallest absolute Gasteiger partial charge is 0.389 e. The predicted octanol–water partition coefficient (Wildman–Crippen LogP) is 4.61. The molecule has 0 amide bonds. The van der Waals surface area contributed by atoms with Gasteiger partial charge in [-0.1, -0.05) is 22.0 Å². The van der Waals surface area contributed by atoms with E-state index in [-0.39, 0.29) is 19.3 Å². The number of halogens is 5. The number of hydrogen-bond acceptors (Lipinski definition) is 1. The summed E-state index contributed by atoms with van der Waals surface area (Å²) in [4.78, 5) is 0. The minimum absolute atomic E-state index is 0.0380. The van der Waals surface area contributed by atoms with Crippen molar-refractivity contribution in [3.8, 4) is 0 Å². The normalized spacial score (nSPS) is 15.3. The minimum Gasteiger partial charge on any atom is -0.390 e. The van der Waals surface area contributed by atoms with Crippen molar-refractivity contribution in [2.45, 2.75) is 44.4 Å². The van der Waals surface area contributed by atoms with Crippen LogP contribution in [0.4, 0.5) is 17.6 Å². The predicted molar refractivity (Wildman–Crippen MR) is 68.3 cm³/mol. The molecule has 1 N–H and O–H groups in total. The molecule has 0 heterocycles. The number of benzene rings is 1. The number of alkyl halides is 3. The van der Waals surface area contributed by atoms with E-state index in [1.807, 2.05) is 0 Å². The molecule has 1 rings (SSSR count). The van der Waals surface area contributed by atoms with E-state index in [4.69, 9.17) is 0 Å². The zero-order valence-corrected chi connectivity index (χ0v) is 12.0. The lowest BCUT2D eigenvalue weighted by atomic mass is 9.91. The summed E-state index contributed by atoms with van der Waals surface area (Å²) < 4.78 is 49.5. The highest BCUT2D eigenvalue weighted by atomic mass is 79.9. The van der Waals surface area contributed by atoms with Crippen molar-refractivity contribution >= 4 is 15.9 Å². The number of aliphatic hydroxyl groups is 1. The van der Waals surface area contributed by atoms with Crippen LogP contribution in [-0.2, 0) is 6.42 Å². The van der Waals surface area contributed by atoms with Gasteiger partial charge in [0, 0.05) is 17.3 Å². The second kappa shape index (κ2) is 6.22. The van der Waals surface area contributed by atoms with Crippen LogP contribution in [0.1, 0.15) is 31.7 Å². The van der Waals surface area contributed by atoms with Crippen molar-refractivity contribution in [2.24, 2.45) is 0 Å². The van der Waals surface area contributed by atoms with Gasteiger partial charge in [0.2, 0.25) is 0 Å². The largest absolute Gasteiger partial charge is 0.390 e. The molecule has 0 aliphatic heterocycles. The SMILES string of the molecule is CC(O)(CCCC(F)(F)F)Cc1ccc(F)cc1Br. The zero-order chi connectivity index (χ0) is 14.7. The molecule has 19 heavy (non-hydrogen) atoms. The summed E-state index contributed by atoms with van der Waals surface area (Å²) in [5.41, 5.74) is -0.579. The molecule has 108 valence electrons. The first-order valence-electron chi connectivity index (χ1n) is 5.82. The molecule has 0 saturated heterocycles. The van der Waals surface area contributed by atoms with E-state index in [0.29, 0.717) is 10.0 Å². The van der Waals surface area contributed by atoms with E-state index in [2.05, 4.69) is 15.9 Å². The van der Waals surface area contributed by atoms with Gasteiger partial charge in [-0.3, -0.25) is 0 Å². The Labute approximate surface area is 117 Å². The van der Waals surface area contributed by atoms with E-state index < -0.39 is 24.0 Å². The Kier molecular flexibility index (Phi) is 5.38. The first-order chi connectivity index (χ1) is 8.59. The monoisotopic (exact) mass is 342 g/mol. The van der Waals surface area contributed by atoms with Crippen LogP contribution in [0, 0.1) is 5.82 Å². The molecule has 6 heteroatoms. The van der Waals surface area contributed by atoms with E-state index in [1.54, 1.807) is 0 Å². The van der Waals surface area contributed by atoms with E-state index in [1.165, 1.54) is 25.1 Å². The molecule has 0 aliphatic rings. The van der Waals surface area contributed by atoms with Crippen molar-refractivity contribution in [3.63, 3.8) is 0 Å². The summed E-state index contributed by atoms with van der Waals surface area (Å²) in [6.07, 6.45) is -5.03. The standard InChI is InChI=1S/C13H15BrF4O/c1-12(19,5-2-6-13(16,17)18)8-9-3-4-10(15)7-11(9)14/h3-4,7,19H,2,5-6,8H2,1H3. The summed E-state index contributed by atoms with van der Waals surface area (Å²) >= 11 is 3.17. The zero-order valence-electron chi connectivity index (χ0n) is 10.4. The van der Waals surface area contributed by atoms with Crippen molar-refractivity contribution in [1.29, 1.82) is 0 Å². The molecule has 1 atom stereocenters. The van der Waals surface area contributed by atoms with Crippen LogP contribution < -0.4 is 0 Å². The maximum Gasteiger partial charge on any atom is 0.389 e. The van der Waals surface area contributed by atoms with E-state index in [0.717, 1.165) is 0 Å². The molecular formula is C13H15BrF4O. The Morgan fingerprint density at radius 3 is 2.37 bits per heavy atom. The highest BCUT2D eigenvalue weighted by molar-refractivity contribution is 9.10. The first kappa shape index (κ1) is 16.4. The fourth-order valence-corrected chi connectivity index (χ4v) is 2.32. The van der Waals surface area contributed by atoms with Gasteiger partial charge in [0.05, 0.1) is 5.60 Å². The summed E-state index contributed by atoms with van der Waals surface area (Å²) in [5, 5.41) is 10.1. The second-order valence-corrected chi connectivity index (χ2v) is 5.73. The highest BCUT2D eigenvalue weighted by Crippen LogP contribution is 2.28. The van der Waals surface area contributed by atoms with Crippen LogP contribution in [0.2, 0.25) is 0 Å². The Balaban J connectivity index is 2.58. The average molecular weight is 343 g/mol. The summed E-state index contributed by atoms with van der Waals surface area (Å²) in [6, 6.07) is 4.03. The lowest BCUT2D eigenvalue weighted by molar-refractivity contribution is -0.137. The van der Waals surface area contributed by atoms with Crippen LogP contribution >= 0.6 is 15.9 Å². The Hall–Kier alpha value is -0.620. The minimum atomic E-state index is -4.20. The van der Waals surface area contributed by atoms with Crippen molar-refractivity contribution in [2.75, 3.05) is 0 Å². The highest BCUT2D eigenvalue weighted by Gasteiger charge is 2.29. The van der Waals surface area contributed by atoms with Crippen molar-refractivity contribution in [1.82, 2.24) is 0 Å². The van der Waals surface area contributed by atoms with Gasteiger partial charge >= 0.3 is 6.18 Å². The second-order valence-electron chi connectivity index (χ2n) is 4.88. The van der Waals surface area contributed by atoms with Crippen LogP contribution in [0.15, 0.2) is 22.7 Å². The average Bonchev–Trinajstić information content (AvgIpc) is 2.20. The molecule has 1 unspecified atom stereocenters. The van der Waals surface area contributed by atoms with Crippen LogP contribution in [0.5, 0.6) is 0 Å². The molecule has 1 nitrogen and oxygen atoms in total. The third-order valence-corrected chi connectivity index (χ3v) is 3.50. The maximum atomic E-state index is 12.9. The van der Waals surface area contributed by atoms with Gasteiger partial charge in [-0.2, -0.15) is 13.2 Å². The Morgan fingerprint density at radius 1 is 1.21 bits per heavy atom. The van der Waals surface area contributed by atoms with Crippen LogP contribution in [0.3, 0.4) is 0 Å². The van der Waals surface area contributed by atoms with Gasteiger partial charge < -0.3 is 5.11 Å². The van der Waals surface area contributed by atoms with Gasteiger partial charge in [0.15, 0.2) is 0 Å². The molecule has 1 aromatic rings. The Bertz CT molecular complexity index is 429. The number of rotatable bonds is 5. The number of hydrogen-bond donors (Lipinski definition) is 1. The van der Waals surface area contributed by atoms with Crippen molar-refractivity contribution < 1.29 is 22.7 Å². The van der Waals surface area contributed by atoms with Crippen LogP contribution in [0.25, 0.3) is 0 Å². The van der Waals surface area contributed by atoms with Gasteiger partial charge in [-0.05, 0) is 37.5 Å². The summed E-state index contributed by atoms with van der Waals surface area (Å²) in [6.45, 7) is 1.49. The summed E-state index contributed by atoms with van der Waals surface area (Å²) in [7, 11) is 0. The van der Waals surface area contributed by atoms with Gasteiger partial charge in [0.1, 0.15) is 5.82 Å². The molecule has 0 spiro atoms. The molecule has 0 aromatic heterocycles. The maximum absolute atomic E-state index is 12.9. The molecular weight excluding hydrogens is 328 g/mol. The topological polar surface area (TPSA) is 20.2 Å². The van der Waals surface area contributed by atoms with Gasteiger partial charge in [0.25, 0.3) is 0 Å². The Morgan fingerprint density at radius 2 is 1.84 bits per heavy atom. The molecule has 0 aliphatic carbocycles. The molecule has 0 bridgehead atoms. The fraction of sp³-hybridized carbons (Fsp3) is 0.538. The lowest BCUT2D eigenvalue weighted by Gasteiger charge is -2.24. The third kappa shape index (κ3) is 6.38. The third-order valence-electron chi connectivity index (χ3n) is 2.76. The lowest BCUT2D eigenvalue weighted by Crippen LogP contribution is -2.28. The van der Waals surface area contributed by atoms with Crippen molar-refractivity contribution in [3.05, 3.63) is 34.1 Å². The molecule has 0 radical (unpaired) electrons.